The van der Waals surface area contributed by atoms with Crippen LogP contribution in [0.5, 0.6) is 0 Å². The van der Waals surface area contributed by atoms with E-state index in [0.29, 0.717) is 0 Å². The van der Waals surface area contributed by atoms with E-state index >= 15 is 0 Å². The number of benzene rings is 3. The van der Waals surface area contributed by atoms with Crippen molar-refractivity contribution in [2.24, 2.45) is 0 Å². The summed E-state index contributed by atoms with van der Waals surface area (Å²) in [7, 11) is 4.01. The van der Waals surface area contributed by atoms with Gasteiger partial charge in [0.05, 0.1) is 0 Å². The zero-order valence-corrected chi connectivity index (χ0v) is 22.5. The molecule has 0 atom stereocenters. The van der Waals surface area contributed by atoms with E-state index in [1.54, 1.807) is 0 Å². The van der Waals surface area contributed by atoms with Gasteiger partial charge in [0.15, 0.2) is 0 Å². The van der Waals surface area contributed by atoms with Crippen LogP contribution in [0.3, 0.4) is 0 Å². The molecule has 0 bridgehead atoms. The molecule has 187 valence electrons. The van der Waals surface area contributed by atoms with Gasteiger partial charge in [-0.2, -0.15) is 80.1 Å². The molecule has 0 N–H and O–H groups in total. The molecule has 3 aromatic rings. The minimum absolute atomic E-state index is 0. The van der Waals surface area contributed by atoms with Crippen LogP contribution in [0.15, 0.2) is 104 Å². The molecular formula is C29H26IrN6-6. The quantitative estimate of drug-likeness (QED) is 0.352. The molecule has 0 saturated heterocycles. The van der Waals surface area contributed by atoms with Crippen LogP contribution < -0.4 is 19.6 Å². The average molecular weight is 651 g/mol. The second kappa shape index (κ2) is 11.8. The fourth-order valence-electron chi connectivity index (χ4n) is 3.66. The molecule has 1 radical (unpaired) electrons. The Morgan fingerprint density at radius 3 is 1.31 bits per heavy atom. The molecule has 0 unspecified atom stereocenters. The predicted octanol–water partition coefficient (Wildman–Crippen LogP) is 5.37. The summed E-state index contributed by atoms with van der Waals surface area (Å²) in [6.45, 7) is 6.05. The molecule has 0 saturated carbocycles. The van der Waals surface area contributed by atoms with E-state index in [9.17, 15) is 0 Å². The maximum absolute atomic E-state index is 3.40. The zero-order chi connectivity index (χ0) is 24.0. The zero-order valence-electron chi connectivity index (χ0n) is 20.1. The van der Waals surface area contributed by atoms with E-state index in [1.807, 2.05) is 167 Å². The Hall–Kier alpha value is -3.67. The molecule has 3 aliphatic rings. The van der Waals surface area contributed by atoms with Gasteiger partial charge < -0.3 is 29.4 Å². The van der Waals surface area contributed by atoms with Crippen LogP contribution in [0.4, 0.5) is 22.7 Å². The Kier molecular flexibility index (Phi) is 8.36. The molecule has 6 rings (SSSR count). The fraction of sp³-hybridized carbons (Fsp3) is 0.0690. The summed E-state index contributed by atoms with van der Waals surface area (Å²) in [6, 6.07) is 31.7. The first-order valence-electron chi connectivity index (χ1n) is 11.3. The van der Waals surface area contributed by atoms with E-state index < -0.39 is 0 Å². The van der Waals surface area contributed by atoms with Crippen molar-refractivity contribution < 1.29 is 20.1 Å². The summed E-state index contributed by atoms with van der Waals surface area (Å²) in [4.78, 5) is 12.2. The Bertz CT molecular complexity index is 1110. The second-order valence-corrected chi connectivity index (χ2v) is 8.12. The van der Waals surface area contributed by atoms with Crippen molar-refractivity contribution in [1.29, 1.82) is 0 Å². The molecule has 0 aromatic heterocycles. The first kappa shape index (κ1) is 25.4. The molecule has 3 aliphatic heterocycles. The van der Waals surface area contributed by atoms with E-state index in [-0.39, 0.29) is 20.1 Å². The maximum atomic E-state index is 3.40. The Morgan fingerprint density at radius 2 is 0.917 bits per heavy atom. The number of anilines is 4. The summed E-state index contributed by atoms with van der Waals surface area (Å²) in [5.41, 5.74) is 4.12. The van der Waals surface area contributed by atoms with Gasteiger partial charge in [-0.3, -0.25) is 0 Å². The van der Waals surface area contributed by atoms with Gasteiger partial charge in [-0.05, 0) is 51.3 Å². The Labute approximate surface area is 228 Å². The monoisotopic (exact) mass is 651 g/mol. The van der Waals surface area contributed by atoms with Gasteiger partial charge in [0.2, 0.25) is 0 Å². The molecule has 0 aliphatic carbocycles. The van der Waals surface area contributed by atoms with E-state index in [0.717, 1.165) is 22.7 Å². The van der Waals surface area contributed by atoms with Gasteiger partial charge in [-0.25, -0.2) is 0 Å². The minimum Gasteiger partial charge on any atom is -0.510 e. The minimum atomic E-state index is 0. The molecule has 0 amide bonds. The fourth-order valence-corrected chi connectivity index (χ4v) is 3.66. The van der Waals surface area contributed by atoms with Crippen molar-refractivity contribution in [3.05, 3.63) is 142 Å². The SMILES string of the molecule is CN1C=CN(c2[c-]c(N3C=CN(C)[CH-]3)ccc2)[CH-]1.[Ir].[c-]1ccccc1N1C=CN(c2[c-]cccc2)[CH-]1. The summed E-state index contributed by atoms with van der Waals surface area (Å²) in [5.74, 6) is 0. The predicted molar refractivity (Wildman–Crippen MR) is 142 cm³/mol. The van der Waals surface area contributed by atoms with E-state index in [4.69, 9.17) is 0 Å². The van der Waals surface area contributed by atoms with Crippen molar-refractivity contribution in [3.8, 4) is 0 Å². The smallest absolute Gasteiger partial charge is 0 e. The van der Waals surface area contributed by atoms with Crippen molar-refractivity contribution in [2.75, 3.05) is 33.7 Å². The third-order valence-corrected chi connectivity index (χ3v) is 5.44. The summed E-state index contributed by atoms with van der Waals surface area (Å²) in [5, 5.41) is 0. The van der Waals surface area contributed by atoms with Crippen LogP contribution in [0.25, 0.3) is 0 Å². The number of hydrogen-bond donors (Lipinski definition) is 0. The van der Waals surface area contributed by atoms with Crippen LogP contribution in [0, 0.1) is 38.2 Å². The molecule has 6 nitrogen and oxygen atoms in total. The molecule has 36 heavy (non-hydrogen) atoms. The number of hydrogen-bond acceptors (Lipinski definition) is 6. The topological polar surface area (TPSA) is 19.4 Å². The molecule has 3 heterocycles. The molecule has 3 aromatic carbocycles. The average Bonchev–Trinajstić information content (AvgIpc) is 3.67. The molecule has 7 heteroatoms. The summed E-state index contributed by atoms with van der Waals surface area (Å²) in [6.07, 6.45) is 12.1. The maximum Gasteiger partial charge on any atom is 0 e. The first-order chi connectivity index (χ1) is 17.2. The van der Waals surface area contributed by atoms with Gasteiger partial charge >= 0.3 is 0 Å². The number of rotatable bonds is 4. The van der Waals surface area contributed by atoms with Gasteiger partial charge in [-0.15, -0.1) is 47.6 Å². The van der Waals surface area contributed by atoms with Crippen LogP contribution >= 0.6 is 0 Å². The Morgan fingerprint density at radius 1 is 0.500 bits per heavy atom. The van der Waals surface area contributed by atoms with Crippen LogP contribution in [0.1, 0.15) is 0 Å². The summed E-state index contributed by atoms with van der Waals surface area (Å²) >= 11 is 0. The van der Waals surface area contributed by atoms with Gasteiger partial charge in [0, 0.05) is 20.1 Å². The first-order valence-corrected chi connectivity index (χ1v) is 11.3. The van der Waals surface area contributed by atoms with Crippen LogP contribution in [-0.2, 0) is 20.1 Å². The molecule has 0 fully saturated rings. The van der Waals surface area contributed by atoms with Crippen molar-refractivity contribution in [1.82, 2.24) is 9.80 Å². The Balaban J connectivity index is 0.000000165. The van der Waals surface area contributed by atoms with Crippen molar-refractivity contribution in [3.63, 3.8) is 0 Å². The standard InChI is InChI=1S/C15H11N2.C14H15N4.Ir/c1-3-7-14(8-4-1)16-11-12-17(13-16)15-9-5-2-6-10-15;1-15-6-8-17(11-15)13-4-3-5-14(10-13)18-9-7-16(2)12-18;/h1-7,9,11-13H;3-9,11-12H,1-2H3;/q2*-3;. The van der Waals surface area contributed by atoms with Crippen molar-refractivity contribution in [2.45, 2.75) is 0 Å². The van der Waals surface area contributed by atoms with E-state index in [2.05, 4.69) is 18.2 Å². The normalized spacial score (nSPS) is 15.9. The van der Waals surface area contributed by atoms with Crippen molar-refractivity contribution >= 4 is 22.7 Å². The second-order valence-electron chi connectivity index (χ2n) is 8.12. The van der Waals surface area contributed by atoms with Gasteiger partial charge in [0.25, 0.3) is 0 Å². The van der Waals surface area contributed by atoms with Crippen LogP contribution in [-0.4, -0.2) is 23.9 Å². The van der Waals surface area contributed by atoms with E-state index in [1.165, 1.54) is 0 Å². The largest absolute Gasteiger partial charge is 0.510 e. The summed E-state index contributed by atoms with van der Waals surface area (Å²) < 4.78 is 0. The molecule has 0 spiro atoms. The van der Waals surface area contributed by atoms with Crippen LogP contribution in [0.2, 0.25) is 0 Å². The van der Waals surface area contributed by atoms with Gasteiger partial charge in [0.1, 0.15) is 0 Å². The molecular weight excluding hydrogens is 625 g/mol. The van der Waals surface area contributed by atoms with Gasteiger partial charge in [-0.1, -0.05) is 0 Å². The third-order valence-electron chi connectivity index (χ3n) is 5.44. The third kappa shape index (κ3) is 6.11. The number of para-hydroxylation sites is 2. The number of nitrogens with zero attached hydrogens (tertiary/aromatic N) is 6.